The molecule has 1 rings (SSSR count). The van der Waals surface area contributed by atoms with Gasteiger partial charge in [-0.1, -0.05) is 0 Å². The van der Waals surface area contributed by atoms with Crippen LogP contribution in [0.3, 0.4) is 0 Å². The van der Waals surface area contributed by atoms with Crippen LogP contribution in [0.4, 0.5) is 4.39 Å². The molecule has 1 aromatic carbocycles. The third-order valence-corrected chi connectivity index (χ3v) is 2.35. The van der Waals surface area contributed by atoms with E-state index in [2.05, 4.69) is 0 Å². The standard InChI is InChI=1S/C11H12FNO3/c1-7(11(15)16)13(2)10(14)8-3-5-9(12)6-4-8/h3-7H,1-2H3,(H,15,16)/t7-/m0/s1. The average molecular weight is 225 g/mol. The van der Waals surface area contributed by atoms with Gasteiger partial charge in [0.15, 0.2) is 0 Å². The van der Waals surface area contributed by atoms with Crippen molar-refractivity contribution in [3.05, 3.63) is 35.6 Å². The molecule has 1 N–H and O–H groups in total. The zero-order valence-corrected chi connectivity index (χ0v) is 8.98. The molecule has 0 aliphatic carbocycles. The van der Waals surface area contributed by atoms with E-state index in [1.807, 2.05) is 0 Å². The molecule has 0 fully saturated rings. The van der Waals surface area contributed by atoms with Crippen LogP contribution >= 0.6 is 0 Å². The molecule has 0 unspecified atom stereocenters. The normalized spacial score (nSPS) is 11.9. The quantitative estimate of drug-likeness (QED) is 0.845. The molecular weight excluding hydrogens is 213 g/mol. The van der Waals surface area contributed by atoms with Gasteiger partial charge in [-0.2, -0.15) is 0 Å². The fraction of sp³-hybridized carbons (Fsp3) is 0.273. The molecule has 0 aromatic heterocycles. The van der Waals surface area contributed by atoms with Gasteiger partial charge in [0.1, 0.15) is 11.9 Å². The van der Waals surface area contributed by atoms with Crippen LogP contribution in [0, 0.1) is 5.82 Å². The summed E-state index contributed by atoms with van der Waals surface area (Å²) in [4.78, 5) is 23.5. The van der Waals surface area contributed by atoms with Gasteiger partial charge in [-0.25, -0.2) is 9.18 Å². The number of benzene rings is 1. The van der Waals surface area contributed by atoms with Crippen molar-refractivity contribution in [3.8, 4) is 0 Å². The Kier molecular flexibility index (Phi) is 3.60. The molecule has 1 amide bonds. The van der Waals surface area contributed by atoms with Crippen LogP contribution in [0.2, 0.25) is 0 Å². The summed E-state index contributed by atoms with van der Waals surface area (Å²) in [5, 5.41) is 8.74. The number of amides is 1. The van der Waals surface area contributed by atoms with Crippen LogP contribution in [0.1, 0.15) is 17.3 Å². The van der Waals surface area contributed by atoms with Crippen molar-refractivity contribution in [2.75, 3.05) is 7.05 Å². The Balaban J connectivity index is 2.86. The lowest BCUT2D eigenvalue weighted by molar-refractivity contribution is -0.141. The van der Waals surface area contributed by atoms with Crippen LogP contribution in [0.5, 0.6) is 0 Å². The number of hydrogen-bond donors (Lipinski definition) is 1. The van der Waals surface area contributed by atoms with Crippen molar-refractivity contribution in [2.24, 2.45) is 0 Å². The van der Waals surface area contributed by atoms with Crippen molar-refractivity contribution < 1.29 is 19.1 Å². The number of halogens is 1. The van der Waals surface area contributed by atoms with Gasteiger partial charge in [0.25, 0.3) is 5.91 Å². The maximum absolute atomic E-state index is 12.6. The van der Waals surface area contributed by atoms with Crippen molar-refractivity contribution in [1.29, 1.82) is 0 Å². The van der Waals surface area contributed by atoms with Gasteiger partial charge in [-0.15, -0.1) is 0 Å². The highest BCUT2D eigenvalue weighted by Gasteiger charge is 2.22. The fourth-order valence-electron chi connectivity index (χ4n) is 1.14. The maximum Gasteiger partial charge on any atom is 0.326 e. The van der Waals surface area contributed by atoms with Gasteiger partial charge in [-0.05, 0) is 31.2 Å². The summed E-state index contributed by atoms with van der Waals surface area (Å²) in [5.41, 5.74) is 0.261. The van der Waals surface area contributed by atoms with Crippen molar-refractivity contribution in [3.63, 3.8) is 0 Å². The lowest BCUT2D eigenvalue weighted by Crippen LogP contribution is -2.40. The molecule has 16 heavy (non-hydrogen) atoms. The third-order valence-electron chi connectivity index (χ3n) is 2.35. The molecule has 1 aromatic rings. The lowest BCUT2D eigenvalue weighted by Gasteiger charge is -2.21. The first-order valence-corrected chi connectivity index (χ1v) is 4.69. The van der Waals surface area contributed by atoms with Gasteiger partial charge in [0.05, 0.1) is 0 Å². The Morgan fingerprint density at radius 2 is 1.81 bits per heavy atom. The molecule has 0 aliphatic heterocycles. The number of carboxylic acid groups (broad SMARTS) is 1. The molecule has 4 nitrogen and oxygen atoms in total. The SMILES string of the molecule is C[C@@H](C(=O)O)N(C)C(=O)c1ccc(F)cc1. The van der Waals surface area contributed by atoms with E-state index in [1.165, 1.54) is 26.1 Å². The van der Waals surface area contributed by atoms with E-state index in [4.69, 9.17) is 5.11 Å². The Morgan fingerprint density at radius 1 is 1.31 bits per heavy atom. The lowest BCUT2D eigenvalue weighted by atomic mass is 10.2. The van der Waals surface area contributed by atoms with E-state index in [0.717, 1.165) is 17.0 Å². The van der Waals surface area contributed by atoms with Crippen LogP contribution in [0.25, 0.3) is 0 Å². The van der Waals surface area contributed by atoms with E-state index in [-0.39, 0.29) is 5.56 Å². The van der Waals surface area contributed by atoms with Crippen molar-refractivity contribution in [2.45, 2.75) is 13.0 Å². The first-order valence-electron chi connectivity index (χ1n) is 4.69. The van der Waals surface area contributed by atoms with Crippen LogP contribution < -0.4 is 0 Å². The Labute approximate surface area is 92.3 Å². The molecule has 0 radical (unpaired) electrons. The average Bonchev–Trinajstić information content (AvgIpc) is 2.27. The summed E-state index contributed by atoms with van der Waals surface area (Å²) in [6.07, 6.45) is 0. The summed E-state index contributed by atoms with van der Waals surface area (Å²) in [7, 11) is 1.39. The summed E-state index contributed by atoms with van der Waals surface area (Å²) >= 11 is 0. The van der Waals surface area contributed by atoms with Crippen molar-refractivity contribution >= 4 is 11.9 Å². The molecule has 0 saturated heterocycles. The van der Waals surface area contributed by atoms with Gasteiger partial charge in [0, 0.05) is 12.6 Å². The summed E-state index contributed by atoms with van der Waals surface area (Å²) in [5.74, 6) is -1.97. The first kappa shape index (κ1) is 12.2. The fourth-order valence-corrected chi connectivity index (χ4v) is 1.14. The second-order valence-corrected chi connectivity index (χ2v) is 3.44. The van der Waals surface area contributed by atoms with Crippen LogP contribution in [-0.4, -0.2) is 35.0 Å². The van der Waals surface area contributed by atoms with Crippen LogP contribution in [0.15, 0.2) is 24.3 Å². The Bertz CT molecular complexity index is 402. The van der Waals surface area contributed by atoms with Crippen LogP contribution in [-0.2, 0) is 4.79 Å². The van der Waals surface area contributed by atoms with E-state index in [1.54, 1.807) is 0 Å². The summed E-state index contributed by atoms with van der Waals surface area (Å²) in [6.45, 7) is 1.41. The molecule has 0 saturated carbocycles. The number of nitrogens with zero attached hydrogens (tertiary/aromatic N) is 1. The number of aliphatic carboxylic acids is 1. The number of carboxylic acids is 1. The van der Waals surface area contributed by atoms with E-state index in [0.29, 0.717) is 0 Å². The predicted octanol–water partition coefficient (Wildman–Crippen LogP) is 1.37. The minimum absolute atomic E-state index is 0.261. The second-order valence-electron chi connectivity index (χ2n) is 3.44. The number of carbonyl (C=O) groups excluding carboxylic acids is 1. The highest BCUT2D eigenvalue weighted by atomic mass is 19.1. The first-order chi connectivity index (χ1) is 7.43. The van der Waals surface area contributed by atoms with E-state index < -0.39 is 23.7 Å². The van der Waals surface area contributed by atoms with Gasteiger partial charge < -0.3 is 10.0 Å². The highest BCUT2D eigenvalue weighted by Crippen LogP contribution is 2.08. The molecule has 0 spiro atoms. The minimum atomic E-state index is -1.09. The van der Waals surface area contributed by atoms with E-state index >= 15 is 0 Å². The van der Waals surface area contributed by atoms with Gasteiger partial charge in [-0.3, -0.25) is 4.79 Å². The van der Waals surface area contributed by atoms with Crippen molar-refractivity contribution in [1.82, 2.24) is 4.90 Å². The molecule has 1 atom stereocenters. The molecule has 0 heterocycles. The molecule has 0 bridgehead atoms. The topological polar surface area (TPSA) is 57.6 Å². The second kappa shape index (κ2) is 4.74. The van der Waals surface area contributed by atoms with Gasteiger partial charge >= 0.3 is 5.97 Å². The molecular formula is C11H12FNO3. The smallest absolute Gasteiger partial charge is 0.326 e. The maximum atomic E-state index is 12.6. The Hall–Kier alpha value is -1.91. The monoisotopic (exact) mass is 225 g/mol. The molecule has 0 aliphatic rings. The number of rotatable bonds is 3. The summed E-state index contributed by atoms with van der Waals surface area (Å²) < 4.78 is 12.6. The minimum Gasteiger partial charge on any atom is -0.480 e. The third kappa shape index (κ3) is 2.56. The summed E-state index contributed by atoms with van der Waals surface area (Å²) in [6, 6.07) is 4.04. The highest BCUT2D eigenvalue weighted by molar-refractivity contribution is 5.96. The molecule has 86 valence electrons. The number of likely N-dealkylation sites (N-methyl/N-ethyl adjacent to an activating group) is 1. The predicted molar refractivity (Wildman–Crippen MR) is 55.6 cm³/mol. The zero-order valence-electron chi connectivity index (χ0n) is 8.98. The number of carbonyl (C=O) groups is 2. The number of hydrogen-bond acceptors (Lipinski definition) is 2. The van der Waals surface area contributed by atoms with Gasteiger partial charge in [0.2, 0.25) is 0 Å². The largest absolute Gasteiger partial charge is 0.480 e. The Morgan fingerprint density at radius 3 is 2.25 bits per heavy atom. The molecule has 5 heteroatoms. The zero-order chi connectivity index (χ0) is 12.3. The van der Waals surface area contributed by atoms with E-state index in [9.17, 15) is 14.0 Å².